The summed E-state index contributed by atoms with van der Waals surface area (Å²) in [7, 11) is 0. The highest BCUT2D eigenvalue weighted by Gasteiger charge is 2.19. The van der Waals surface area contributed by atoms with Crippen LogP contribution in [0.3, 0.4) is 0 Å². The van der Waals surface area contributed by atoms with Crippen molar-refractivity contribution in [3.05, 3.63) is 217 Å². The molecule has 2 nitrogen and oxygen atoms in total. The van der Waals surface area contributed by atoms with Crippen LogP contribution < -0.4 is 0 Å². The molecule has 0 saturated carbocycles. The molecule has 0 aliphatic carbocycles. The third kappa shape index (κ3) is 6.71. The van der Waals surface area contributed by atoms with Gasteiger partial charge >= 0.3 is 0 Å². The van der Waals surface area contributed by atoms with Gasteiger partial charge in [0.05, 0.1) is 22.1 Å². The van der Waals surface area contributed by atoms with Crippen molar-refractivity contribution in [3.8, 4) is 44.8 Å². The van der Waals surface area contributed by atoms with Gasteiger partial charge in [-0.15, -0.1) is 0 Å². The molecule has 0 unspecified atom stereocenters. The van der Waals surface area contributed by atoms with E-state index >= 15 is 0 Å². The van der Waals surface area contributed by atoms with Crippen molar-refractivity contribution in [1.82, 2.24) is 9.13 Å². The van der Waals surface area contributed by atoms with E-state index in [1.54, 1.807) is 0 Å². The van der Waals surface area contributed by atoms with Crippen molar-refractivity contribution in [2.24, 2.45) is 11.8 Å². The summed E-state index contributed by atoms with van der Waals surface area (Å²) in [6, 6.07) is 77.1. The second-order valence-corrected chi connectivity index (χ2v) is 19.1. The predicted octanol–water partition coefficient (Wildman–Crippen LogP) is 17.6. The van der Waals surface area contributed by atoms with Crippen molar-refractivity contribution in [2.45, 2.75) is 40.5 Å². The lowest BCUT2D eigenvalue weighted by Crippen LogP contribution is -1.96. The topological polar surface area (TPSA) is 9.86 Å². The van der Waals surface area contributed by atoms with E-state index in [4.69, 9.17) is 0 Å². The number of fused-ring (bicyclic) bond motifs is 8. The van der Waals surface area contributed by atoms with E-state index in [1.165, 1.54) is 115 Å². The molecule has 0 N–H and O–H groups in total. The van der Waals surface area contributed by atoms with E-state index in [1.807, 2.05) is 0 Å². The molecule has 2 aromatic heterocycles. The van der Waals surface area contributed by atoms with Crippen LogP contribution in [-0.2, 0) is 12.8 Å². The number of benzene rings is 10. The molecule has 0 fully saturated rings. The van der Waals surface area contributed by atoms with E-state index in [9.17, 15) is 0 Å². The number of hydrogen-bond donors (Lipinski definition) is 0. The SMILES string of the molecule is CC(C)Cc1ccc2c(c1)c1cc(CC(C)C)ccc1n2-c1ccc(-c2ccc3c(c2)c2ccccc2n3-c2ccc(-c3c4ccccc4c(-c4ccccc4)c4ccccc34)cc2)cc1. The van der Waals surface area contributed by atoms with Gasteiger partial charge in [0, 0.05) is 32.9 Å². The summed E-state index contributed by atoms with van der Waals surface area (Å²) < 4.78 is 4.89. The van der Waals surface area contributed by atoms with E-state index in [2.05, 4.69) is 243 Å². The largest absolute Gasteiger partial charge is 0.309 e. The van der Waals surface area contributed by atoms with Gasteiger partial charge in [0.2, 0.25) is 0 Å². The molecule has 66 heavy (non-hydrogen) atoms. The zero-order valence-corrected chi connectivity index (χ0v) is 38.1. The Kier molecular flexibility index (Phi) is 9.72. The van der Waals surface area contributed by atoms with Crippen molar-refractivity contribution in [1.29, 1.82) is 0 Å². The van der Waals surface area contributed by atoms with Crippen molar-refractivity contribution < 1.29 is 0 Å². The predicted molar refractivity (Wildman–Crippen MR) is 284 cm³/mol. The molecule has 10 aromatic carbocycles. The number of para-hydroxylation sites is 1. The Bertz CT molecular complexity index is 3660. The van der Waals surface area contributed by atoms with Crippen molar-refractivity contribution >= 4 is 65.2 Å². The second-order valence-electron chi connectivity index (χ2n) is 19.1. The average Bonchev–Trinajstić information content (AvgIpc) is 3.85. The molecule has 12 aromatic rings. The van der Waals surface area contributed by atoms with Gasteiger partial charge in [-0.2, -0.15) is 0 Å². The fourth-order valence-corrected chi connectivity index (χ4v) is 11.0. The molecule has 2 heteroatoms. The first-order chi connectivity index (χ1) is 32.4. The maximum atomic E-state index is 2.46. The van der Waals surface area contributed by atoms with Gasteiger partial charge in [-0.25, -0.2) is 0 Å². The van der Waals surface area contributed by atoms with Crippen LogP contribution in [0.2, 0.25) is 0 Å². The maximum Gasteiger partial charge on any atom is 0.0541 e. The van der Waals surface area contributed by atoms with Crippen LogP contribution in [0.5, 0.6) is 0 Å². The Morgan fingerprint density at radius 1 is 0.288 bits per heavy atom. The molecule has 0 saturated heterocycles. The molecule has 12 rings (SSSR count). The molecular formula is C64H52N2. The number of hydrogen-bond acceptors (Lipinski definition) is 0. The number of rotatable bonds is 9. The Morgan fingerprint density at radius 2 is 0.652 bits per heavy atom. The minimum absolute atomic E-state index is 0.611. The van der Waals surface area contributed by atoms with Gasteiger partial charge in [-0.3, -0.25) is 0 Å². The monoisotopic (exact) mass is 848 g/mol. The Balaban J connectivity index is 0.927. The molecule has 0 spiro atoms. The normalized spacial score (nSPS) is 12.0. The summed E-state index contributed by atoms with van der Waals surface area (Å²) in [6.45, 7) is 9.22. The van der Waals surface area contributed by atoms with Crippen LogP contribution in [0.25, 0.3) is 110 Å². The first kappa shape index (κ1) is 39.9. The molecule has 2 heterocycles. The van der Waals surface area contributed by atoms with Gasteiger partial charge in [0.25, 0.3) is 0 Å². The van der Waals surface area contributed by atoms with Gasteiger partial charge in [-0.05, 0) is 157 Å². The fourth-order valence-electron chi connectivity index (χ4n) is 11.0. The van der Waals surface area contributed by atoms with Gasteiger partial charge < -0.3 is 9.13 Å². The summed E-state index contributed by atoms with van der Waals surface area (Å²) in [4.78, 5) is 0. The van der Waals surface area contributed by atoms with Crippen molar-refractivity contribution in [2.75, 3.05) is 0 Å². The van der Waals surface area contributed by atoms with E-state index < -0.39 is 0 Å². The highest BCUT2D eigenvalue weighted by atomic mass is 15.0. The molecule has 0 amide bonds. The first-order valence-corrected chi connectivity index (χ1v) is 23.7. The minimum atomic E-state index is 0.611. The third-order valence-electron chi connectivity index (χ3n) is 13.7. The number of aromatic nitrogens is 2. The molecule has 0 aliphatic rings. The van der Waals surface area contributed by atoms with Crippen LogP contribution in [0.4, 0.5) is 0 Å². The second kappa shape index (κ2) is 16.1. The van der Waals surface area contributed by atoms with Crippen LogP contribution >= 0.6 is 0 Å². The average molecular weight is 849 g/mol. The van der Waals surface area contributed by atoms with Gasteiger partial charge in [-0.1, -0.05) is 167 Å². The van der Waals surface area contributed by atoms with Crippen LogP contribution in [0, 0.1) is 11.8 Å². The molecule has 318 valence electrons. The Hall–Kier alpha value is -7.68. The van der Waals surface area contributed by atoms with Crippen LogP contribution in [0.15, 0.2) is 206 Å². The summed E-state index contributed by atoms with van der Waals surface area (Å²) in [5.41, 5.74) is 17.5. The molecule has 0 radical (unpaired) electrons. The smallest absolute Gasteiger partial charge is 0.0541 e. The maximum absolute atomic E-state index is 2.46. The lowest BCUT2D eigenvalue weighted by Gasteiger charge is -2.18. The third-order valence-corrected chi connectivity index (χ3v) is 13.7. The van der Waals surface area contributed by atoms with E-state index in [0.29, 0.717) is 11.8 Å². The highest BCUT2D eigenvalue weighted by molar-refractivity contribution is 6.21. The zero-order chi connectivity index (χ0) is 44.5. The summed E-state index contributed by atoms with van der Waals surface area (Å²) in [5.74, 6) is 1.22. The Labute approximate surface area is 387 Å². The zero-order valence-electron chi connectivity index (χ0n) is 38.1. The number of nitrogens with zero attached hydrogens (tertiary/aromatic N) is 2. The van der Waals surface area contributed by atoms with E-state index in [-0.39, 0.29) is 0 Å². The fraction of sp³-hybridized carbons (Fsp3) is 0.125. The molecule has 0 bridgehead atoms. The lowest BCUT2D eigenvalue weighted by atomic mass is 9.86. The summed E-state index contributed by atoms with van der Waals surface area (Å²) in [5, 5.41) is 10.3. The standard InChI is InChI=1S/C64H52N2/c1-41(2)36-43-22-33-60-56(38-43)57-39-44(37-42(3)4)23-34-61(57)66(60)49-29-24-45(25-30-49)48-28-35-62-58(40-48)51-16-12-13-21-59(51)65(62)50-31-26-47(27-32-50)64-54-19-10-8-17-52(54)63(46-14-6-5-7-15-46)53-18-9-11-20-55(53)64/h5-35,38-42H,36-37H2,1-4H3. The van der Waals surface area contributed by atoms with Crippen LogP contribution in [0.1, 0.15) is 38.8 Å². The summed E-state index contributed by atoms with van der Waals surface area (Å²) >= 11 is 0. The molecular weight excluding hydrogens is 797 g/mol. The molecule has 0 atom stereocenters. The highest BCUT2D eigenvalue weighted by Crippen LogP contribution is 2.44. The van der Waals surface area contributed by atoms with Gasteiger partial charge in [0.1, 0.15) is 0 Å². The van der Waals surface area contributed by atoms with Crippen molar-refractivity contribution in [3.63, 3.8) is 0 Å². The summed E-state index contributed by atoms with van der Waals surface area (Å²) in [6.07, 6.45) is 2.16. The van der Waals surface area contributed by atoms with E-state index in [0.717, 1.165) is 18.5 Å². The minimum Gasteiger partial charge on any atom is -0.309 e. The van der Waals surface area contributed by atoms with Crippen LogP contribution in [-0.4, -0.2) is 9.13 Å². The Morgan fingerprint density at radius 3 is 1.14 bits per heavy atom. The van der Waals surface area contributed by atoms with Gasteiger partial charge in [0.15, 0.2) is 0 Å². The molecule has 0 aliphatic heterocycles. The quantitative estimate of drug-likeness (QED) is 0.128. The first-order valence-electron chi connectivity index (χ1n) is 23.7. The lowest BCUT2D eigenvalue weighted by molar-refractivity contribution is 0.647.